The average Bonchev–Trinajstić information content (AvgIpc) is 2.98. The number of rotatable bonds is 5. The van der Waals surface area contributed by atoms with E-state index in [2.05, 4.69) is 5.32 Å². The van der Waals surface area contributed by atoms with E-state index >= 15 is 0 Å². The van der Waals surface area contributed by atoms with E-state index in [0.29, 0.717) is 17.8 Å². The molecule has 0 radical (unpaired) electrons. The molecule has 8 heteroatoms. The molecule has 136 valence electrons. The maximum atomic E-state index is 12.4. The van der Waals surface area contributed by atoms with Gasteiger partial charge in [-0.25, -0.2) is 13.6 Å². The van der Waals surface area contributed by atoms with Gasteiger partial charge in [0.15, 0.2) is 0 Å². The number of nitrogens with zero attached hydrogens (tertiary/aromatic N) is 1. The van der Waals surface area contributed by atoms with Gasteiger partial charge >= 0.3 is 0 Å². The summed E-state index contributed by atoms with van der Waals surface area (Å²) >= 11 is 0. The monoisotopic (exact) mass is 373 g/mol. The molecule has 0 aliphatic carbocycles. The summed E-state index contributed by atoms with van der Waals surface area (Å²) < 4.78 is 22.2. The third-order valence-electron chi connectivity index (χ3n) is 4.15. The van der Waals surface area contributed by atoms with Gasteiger partial charge in [0.2, 0.25) is 21.8 Å². The fourth-order valence-electron chi connectivity index (χ4n) is 2.90. The van der Waals surface area contributed by atoms with Crippen molar-refractivity contribution in [3.05, 3.63) is 60.2 Å². The number of para-hydroxylation sites is 1. The van der Waals surface area contributed by atoms with Gasteiger partial charge < -0.3 is 10.2 Å². The summed E-state index contributed by atoms with van der Waals surface area (Å²) in [5.41, 5.74) is 1.86. The van der Waals surface area contributed by atoms with Crippen LogP contribution < -0.4 is 15.4 Å². The summed E-state index contributed by atoms with van der Waals surface area (Å²) in [7, 11) is -3.60. The second-order valence-electron chi connectivity index (χ2n) is 6.23. The number of hydrogen-bond donors (Lipinski definition) is 2. The van der Waals surface area contributed by atoms with E-state index in [1.54, 1.807) is 29.2 Å². The summed E-state index contributed by atoms with van der Waals surface area (Å²) in [4.78, 5) is 26.3. The number of benzene rings is 2. The minimum atomic E-state index is -3.60. The van der Waals surface area contributed by atoms with Crippen molar-refractivity contribution < 1.29 is 18.0 Å². The predicted octanol–water partition coefficient (Wildman–Crippen LogP) is 1.47. The van der Waals surface area contributed by atoms with E-state index in [0.717, 1.165) is 5.69 Å². The zero-order chi connectivity index (χ0) is 18.7. The van der Waals surface area contributed by atoms with E-state index in [1.807, 2.05) is 30.3 Å². The van der Waals surface area contributed by atoms with E-state index < -0.39 is 15.9 Å². The molecule has 1 heterocycles. The number of amides is 2. The molecule has 0 saturated carbocycles. The van der Waals surface area contributed by atoms with Crippen LogP contribution in [-0.2, 0) is 25.4 Å². The second kappa shape index (κ2) is 7.27. The highest BCUT2D eigenvalue weighted by atomic mass is 32.2. The van der Waals surface area contributed by atoms with Crippen molar-refractivity contribution in [2.45, 2.75) is 12.2 Å². The largest absolute Gasteiger partial charge is 0.326 e. The number of primary sulfonamides is 1. The molecule has 1 aliphatic heterocycles. The fraction of sp³-hybridized carbons (Fsp3) is 0.222. The summed E-state index contributed by atoms with van der Waals surface area (Å²) in [6, 6.07) is 15.7. The number of hydrogen-bond acceptors (Lipinski definition) is 4. The third kappa shape index (κ3) is 4.47. The Morgan fingerprint density at radius 1 is 1.12 bits per heavy atom. The molecule has 3 N–H and O–H groups in total. The third-order valence-corrected chi connectivity index (χ3v) is 4.89. The maximum Gasteiger partial charge on any atom is 0.229 e. The van der Waals surface area contributed by atoms with E-state index in [1.165, 1.54) is 0 Å². The van der Waals surface area contributed by atoms with Gasteiger partial charge in [-0.15, -0.1) is 0 Å². The van der Waals surface area contributed by atoms with E-state index in [-0.39, 0.29) is 24.0 Å². The first-order valence-electron chi connectivity index (χ1n) is 8.07. The molecular weight excluding hydrogens is 354 g/mol. The molecule has 1 aliphatic rings. The molecule has 1 fully saturated rings. The van der Waals surface area contributed by atoms with Gasteiger partial charge in [0.25, 0.3) is 0 Å². The number of sulfonamides is 1. The first-order chi connectivity index (χ1) is 12.3. The molecule has 26 heavy (non-hydrogen) atoms. The minimum absolute atomic E-state index is 0.0835. The molecular formula is C18H19N3O4S. The van der Waals surface area contributed by atoms with E-state index in [9.17, 15) is 18.0 Å². The zero-order valence-corrected chi connectivity index (χ0v) is 14.8. The fourth-order valence-corrected chi connectivity index (χ4v) is 3.56. The molecule has 1 unspecified atom stereocenters. The summed E-state index contributed by atoms with van der Waals surface area (Å²) in [6.07, 6.45) is 0.157. The van der Waals surface area contributed by atoms with Gasteiger partial charge in [0.05, 0.1) is 11.7 Å². The topological polar surface area (TPSA) is 110 Å². The molecule has 0 bridgehead atoms. The number of nitrogens with two attached hydrogens (primary N) is 1. The Hall–Kier alpha value is -2.71. The highest BCUT2D eigenvalue weighted by Gasteiger charge is 2.35. The SMILES string of the molecule is NS(=O)(=O)Cc1ccc(NC(=O)C2CC(=O)N(c3ccccc3)C2)cc1. The average molecular weight is 373 g/mol. The van der Waals surface area contributed by atoms with Gasteiger partial charge in [-0.05, 0) is 29.8 Å². The first kappa shape index (κ1) is 18.1. The van der Waals surface area contributed by atoms with Crippen LogP contribution in [0.25, 0.3) is 0 Å². The van der Waals surface area contributed by atoms with Crippen LogP contribution in [0.3, 0.4) is 0 Å². The molecule has 0 aromatic heterocycles. The highest BCUT2D eigenvalue weighted by molar-refractivity contribution is 7.88. The van der Waals surface area contributed by atoms with Crippen molar-refractivity contribution in [1.82, 2.24) is 0 Å². The number of anilines is 2. The Balaban J connectivity index is 1.63. The molecule has 2 aromatic carbocycles. The summed E-state index contributed by atoms with van der Waals surface area (Å²) in [6.45, 7) is 0.332. The standard InChI is InChI=1S/C18H19N3O4S/c19-26(24,25)12-13-6-8-15(9-7-13)20-18(23)14-10-17(22)21(11-14)16-4-2-1-3-5-16/h1-9,14H,10-12H2,(H,20,23)(H2,19,24,25). The van der Waals surface area contributed by atoms with Crippen molar-refractivity contribution in [2.24, 2.45) is 11.1 Å². The number of carbonyl (C=O) groups is 2. The van der Waals surface area contributed by atoms with Crippen molar-refractivity contribution in [3.63, 3.8) is 0 Å². The quantitative estimate of drug-likeness (QED) is 0.827. The van der Waals surface area contributed by atoms with Gasteiger partial charge in [0, 0.05) is 24.3 Å². The van der Waals surface area contributed by atoms with Crippen LogP contribution in [0.15, 0.2) is 54.6 Å². The van der Waals surface area contributed by atoms with Gasteiger partial charge in [-0.3, -0.25) is 9.59 Å². The normalized spacial score (nSPS) is 17.3. The first-order valence-corrected chi connectivity index (χ1v) is 9.79. The molecule has 0 spiro atoms. The van der Waals surface area contributed by atoms with Gasteiger partial charge in [-0.1, -0.05) is 30.3 Å². The Morgan fingerprint density at radius 3 is 2.38 bits per heavy atom. The minimum Gasteiger partial charge on any atom is -0.326 e. The lowest BCUT2D eigenvalue weighted by Gasteiger charge is -2.16. The van der Waals surface area contributed by atoms with Crippen LogP contribution >= 0.6 is 0 Å². The molecule has 7 nitrogen and oxygen atoms in total. The van der Waals surface area contributed by atoms with Crippen LogP contribution in [0, 0.1) is 5.92 Å². The lowest BCUT2D eigenvalue weighted by Crippen LogP contribution is -2.28. The lowest BCUT2D eigenvalue weighted by atomic mass is 10.1. The van der Waals surface area contributed by atoms with E-state index in [4.69, 9.17) is 5.14 Å². The van der Waals surface area contributed by atoms with Crippen LogP contribution in [0.2, 0.25) is 0 Å². The molecule has 2 aromatic rings. The molecule has 1 atom stereocenters. The summed E-state index contributed by atoms with van der Waals surface area (Å²) in [5.74, 6) is -1.02. The van der Waals surface area contributed by atoms with Crippen molar-refractivity contribution in [1.29, 1.82) is 0 Å². The summed E-state index contributed by atoms with van der Waals surface area (Å²) in [5, 5.41) is 7.78. The van der Waals surface area contributed by atoms with Crippen LogP contribution in [0.5, 0.6) is 0 Å². The van der Waals surface area contributed by atoms with Crippen LogP contribution in [0.4, 0.5) is 11.4 Å². The predicted molar refractivity (Wildman–Crippen MR) is 98.8 cm³/mol. The number of carbonyl (C=O) groups excluding carboxylic acids is 2. The molecule has 3 rings (SSSR count). The number of nitrogens with one attached hydrogen (secondary N) is 1. The smallest absolute Gasteiger partial charge is 0.229 e. The maximum absolute atomic E-state index is 12.4. The zero-order valence-electron chi connectivity index (χ0n) is 14.0. The van der Waals surface area contributed by atoms with Crippen molar-refractivity contribution >= 4 is 33.2 Å². The Bertz CT molecular complexity index is 911. The van der Waals surface area contributed by atoms with Crippen molar-refractivity contribution in [2.75, 3.05) is 16.8 Å². The van der Waals surface area contributed by atoms with Gasteiger partial charge in [0.1, 0.15) is 0 Å². The highest BCUT2D eigenvalue weighted by Crippen LogP contribution is 2.25. The van der Waals surface area contributed by atoms with Crippen LogP contribution in [-0.4, -0.2) is 26.8 Å². The second-order valence-corrected chi connectivity index (χ2v) is 7.85. The molecule has 2 amide bonds. The molecule has 1 saturated heterocycles. The van der Waals surface area contributed by atoms with Crippen LogP contribution in [0.1, 0.15) is 12.0 Å². The van der Waals surface area contributed by atoms with Crippen molar-refractivity contribution in [3.8, 4) is 0 Å². The lowest BCUT2D eigenvalue weighted by molar-refractivity contribution is -0.122. The Labute approximate surface area is 151 Å². The van der Waals surface area contributed by atoms with Gasteiger partial charge in [-0.2, -0.15) is 0 Å². The Morgan fingerprint density at radius 2 is 1.77 bits per heavy atom. The Kier molecular flexibility index (Phi) is 5.06.